The first kappa shape index (κ1) is 7.41. The molecule has 0 aromatic rings. The molecule has 0 fully saturated rings. The van der Waals surface area contributed by atoms with E-state index in [9.17, 15) is 8.78 Å². The zero-order chi connectivity index (χ0) is 7.56. The normalized spacial score (nSPS) is 25.7. The maximum atomic E-state index is 12.6. The molecule has 0 saturated heterocycles. The van der Waals surface area contributed by atoms with E-state index in [2.05, 4.69) is 0 Å². The molecule has 1 nitrogen and oxygen atoms in total. The van der Waals surface area contributed by atoms with Crippen molar-refractivity contribution in [1.82, 2.24) is 0 Å². The van der Waals surface area contributed by atoms with Crippen molar-refractivity contribution in [2.75, 3.05) is 6.54 Å². The molecule has 0 saturated carbocycles. The third-order valence-electron chi connectivity index (χ3n) is 1.56. The molecule has 0 amide bonds. The van der Waals surface area contributed by atoms with E-state index in [1.165, 1.54) is 0 Å². The smallest absolute Gasteiger partial charge is 0.154 e. The Balaban J connectivity index is 2.77. The lowest BCUT2D eigenvalue weighted by Crippen LogP contribution is -2.16. The third kappa shape index (κ3) is 1.24. The number of nitrogens with two attached hydrogens (primary N) is 1. The van der Waals surface area contributed by atoms with Gasteiger partial charge in [0.2, 0.25) is 0 Å². The Kier molecular flexibility index (Phi) is 2.17. The van der Waals surface area contributed by atoms with E-state index in [4.69, 9.17) is 5.73 Å². The van der Waals surface area contributed by atoms with Crippen molar-refractivity contribution in [3.63, 3.8) is 0 Å². The van der Waals surface area contributed by atoms with Gasteiger partial charge in [-0.1, -0.05) is 6.08 Å². The Morgan fingerprint density at radius 3 is 2.80 bits per heavy atom. The Morgan fingerprint density at radius 2 is 2.30 bits per heavy atom. The van der Waals surface area contributed by atoms with E-state index in [1.54, 1.807) is 6.08 Å². The fourth-order valence-corrected chi connectivity index (χ4v) is 0.914. The minimum Gasteiger partial charge on any atom is -0.330 e. The summed E-state index contributed by atoms with van der Waals surface area (Å²) in [5.74, 6) is -1.92. The van der Waals surface area contributed by atoms with Gasteiger partial charge >= 0.3 is 0 Å². The number of hydrogen-bond acceptors (Lipinski definition) is 1. The van der Waals surface area contributed by atoms with Crippen molar-refractivity contribution in [3.8, 4) is 0 Å². The summed E-state index contributed by atoms with van der Waals surface area (Å²) in [6, 6.07) is 0. The summed E-state index contributed by atoms with van der Waals surface area (Å²) >= 11 is 0. The van der Waals surface area contributed by atoms with Crippen molar-refractivity contribution < 1.29 is 8.78 Å². The van der Waals surface area contributed by atoms with Gasteiger partial charge in [0.1, 0.15) is 5.83 Å². The van der Waals surface area contributed by atoms with Gasteiger partial charge in [0.15, 0.2) is 5.83 Å². The molecule has 0 aromatic heterocycles. The number of rotatable bonds is 1. The first-order valence-corrected chi connectivity index (χ1v) is 3.17. The van der Waals surface area contributed by atoms with Crippen molar-refractivity contribution >= 4 is 0 Å². The van der Waals surface area contributed by atoms with Gasteiger partial charge < -0.3 is 5.73 Å². The van der Waals surface area contributed by atoms with Gasteiger partial charge in [-0.2, -0.15) is 0 Å². The Labute approximate surface area is 58.2 Å². The van der Waals surface area contributed by atoms with Crippen molar-refractivity contribution in [1.29, 1.82) is 0 Å². The maximum absolute atomic E-state index is 12.6. The lowest BCUT2D eigenvalue weighted by atomic mass is 9.99. The zero-order valence-electron chi connectivity index (χ0n) is 5.48. The predicted molar refractivity (Wildman–Crippen MR) is 35.5 cm³/mol. The monoisotopic (exact) mass is 145 g/mol. The SMILES string of the molecule is NCC1CC=CC(F)=C1F. The molecule has 0 heterocycles. The summed E-state index contributed by atoms with van der Waals surface area (Å²) in [4.78, 5) is 0. The van der Waals surface area contributed by atoms with E-state index < -0.39 is 17.6 Å². The van der Waals surface area contributed by atoms with Gasteiger partial charge in [-0.25, -0.2) is 8.78 Å². The van der Waals surface area contributed by atoms with Gasteiger partial charge in [-0.05, 0) is 12.5 Å². The molecular formula is C7H9F2N. The predicted octanol–water partition coefficient (Wildman–Crippen LogP) is 1.67. The molecule has 56 valence electrons. The fraction of sp³-hybridized carbons (Fsp3) is 0.429. The summed E-state index contributed by atoms with van der Waals surface area (Å²) in [6.45, 7) is 0.170. The fourth-order valence-electron chi connectivity index (χ4n) is 0.914. The minimum absolute atomic E-state index is 0.170. The second kappa shape index (κ2) is 2.92. The van der Waals surface area contributed by atoms with Crippen LogP contribution in [0, 0.1) is 5.92 Å². The molecule has 1 atom stereocenters. The average molecular weight is 145 g/mol. The largest absolute Gasteiger partial charge is 0.330 e. The first-order valence-electron chi connectivity index (χ1n) is 3.17. The molecule has 0 bridgehead atoms. The minimum atomic E-state index is -0.776. The van der Waals surface area contributed by atoms with Crippen LogP contribution < -0.4 is 5.73 Å². The molecule has 1 unspecified atom stereocenters. The van der Waals surface area contributed by atoms with Gasteiger partial charge in [-0.15, -0.1) is 0 Å². The van der Waals surface area contributed by atoms with Crippen molar-refractivity contribution in [2.24, 2.45) is 11.7 Å². The molecule has 1 rings (SSSR count). The second-order valence-corrected chi connectivity index (χ2v) is 2.27. The molecule has 0 aliphatic heterocycles. The second-order valence-electron chi connectivity index (χ2n) is 2.27. The van der Waals surface area contributed by atoms with Crippen LogP contribution in [-0.4, -0.2) is 6.54 Å². The highest BCUT2D eigenvalue weighted by atomic mass is 19.2. The van der Waals surface area contributed by atoms with Crippen LogP contribution in [0.3, 0.4) is 0 Å². The highest BCUT2D eigenvalue weighted by molar-refractivity contribution is 5.22. The molecule has 1 aliphatic carbocycles. The molecule has 1 aliphatic rings. The Morgan fingerprint density at radius 1 is 1.60 bits per heavy atom. The van der Waals surface area contributed by atoms with Crippen LogP contribution in [-0.2, 0) is 0 Å². The zero-order valence-corrected chi connectivity index (χ0v) is 5.48. The van der Waals surface area contributed by atoms with Crippen LogP contribution in [0.15, 0.2) is 23.8 Å². The summed E-state index contributed by atoms with van der Waals surface area (Å²) in [5.41, 5.74) is 5.18. The molecular weight excluding hydrogens is 136 g/mol. The number of hydrogen-bond donors (Lipinski definition) is 1. The van der Waals surface area contributed by atoms with Gasteiger partial charge in [-0.3, -0.25) is 0 Å². The van der Waals surface area contributed by atoms with Crippen LogP contribution >= 0.6 is 0 Å². The van der Waals surface area contributed by atoms with E-state index in [0.717, 1.165) is 6.08 Å². The summed E-state index contributed by atoms with van der Waals surface area (Å²) < 4.78 is 25.0. The molecule has 0 radical (unpaired) electrons. The summed E-state index contributed by atoms with van der Waals surface area (Å²) in [5, 5.41) is 0. The first-order chi connectivity index (χ1) is 4.75. The third-order valence-corrected chi connectivity index (χ3v) is 1.56. The van der Waals surface area contributed by atoms with Crippen LogP contribution in [0.1, 0.15) is 6.42 Å². The molecule has 10 heavy (non-hydrogen) atoms. The van der Waals surface area contributed by atoms with Gasteiger partial charge in [0, 0.05) is 12.5 Å². The van der Waals surface area contributed by atoms with Crippen molar-refractivity contribution in [3.05, 3.63) is 23.8 Å². The molecule has 2 N–H and O–H groups in total. The highest BCUT2D eigenvalue weighted by Gasteiger charge is 2.18. The van der Waals surface area contributed by atoms with E-state index >= 15 is 0 Å². The molecule has 3 heteroatoms. The van der Waals surface area contributed by atoms with Crippen LogP contribution in [0.25, 0.3) is 0 Å². The molecule has 0 aromatic carbocycles. The standard InChI is InChI=1S/C7H9F2N/c8-6-3-1-2-5(4-10)7(6)9/h1,3,5H,2,4,10H2. The summed E-state index contributed by atoms with van der Waals surface area (Å²) in [7, 11) is 0. The van der Waals surface area contributed by atoms with Crippen LogP contribution in [0.4, 0.5) is 8.78 Å². The quantitative estimate of drug-likeness (QED) is 0.596. The topological polar surface area (TPSA) is 26.0 Å². The van der Waals surface area contributed by atoms with E-state index in [1.807, 2.05) is 0 Å². The number of halogens is 2. The lowest BCUT2D eigenvalue weighted by Gasteiger charge is -2.13. The average Bonchev–Trinajstić information content (AvgIpc) is 1.95. The summed E-state index contributed by atoms with van der Waals surface area (Å²) in [6.07, 6.45) is 3.24. The van der Waals surface area contributed by atoms with E-state index in [-0.39, 0.29) is 6.54 Å². The maximum Gasteiger partial charge on any atom is 0.154 e. The van der Waals surface area contributed by atoms with Crippen LogP contribution in [0.5, 0.6) is 0 Å². The van der Waals surface area contributed by atoms with Gasteiger partial charge in [0.25, 0.3) is 0 Å². The van der Waals surface area contributed by atoms with E-state index in [0.29, 0.717) is 6.42 Å². The lowest BCUT2D eigenvalue weighted by molar-refractivity contribution is 0.429. The number of allylic oxidation sites excluding steroid dienone is 3. The Bertz CT molecular complexity index is 184. The van der Waals surface area contributed by atoms with Crippen molar-refractivity contribution in [2.45, 2.75) is 6.42 Å². The van der Waals surface area contributed by atoms with Crippen LogP contribution in [0.2, 0.25) is 0 Å². The van der Waals surface area contributed by atoms with Gasteiger partial charge in [0.05, 0.1) is 0 Å². The molecule has 0 spiro atoms. The highest BCUT2D eigenvalue weighted by Crippen LogP contribution is 2.25. The Hall–Kier alpha value is -0.700.